The third kappa shape index (κ3) is 7.22. The molecule has 0 saturated carbocycles. The largest absolute Gasteiger partial charge is 0.497 e. The molecule has 9 rings (SSSR count). The molecule has 0 aliphatic carbocycles. The van der Waals surface area contributed by atoms with Crippen molar-refractivity contribution in [3.63, 3.8) is 0 Å². The molecule has 4 aliphatic heterocycles. The highest BCUT2D eigenvalue weighted by molar-refractivity contribution is 6.12. The number of hydrogen-bond acceptors (Lipinski definition) is 8. The lowest BCUT2D eigenvalue weighted by Gasteiger charge is -2.46. The van der Waals surface area contributed by atoms with E-state index in [9.17, 15) is 5.11 Å². The van der Waals surface area contributed by atoms with E-state index in [1.807, 2.05) is 132 Å². The Kier molecular flexibility index (Phi) is 11.3. The van der Waals surface area contributed by atoms with Gasteiger partial charge in [-0.05, 0) is 78.1 Å². The first-order chi connectivity index (χ1) is 29.9. The summed E-state index contributed by atoms with van der Waals surface area (Å²) in [6, 6.07) is 37.3. The van der Waals surface area contributed by atoms with Crippen LogP contribution in [0.5, 0.6) is 11.5 Å². The molecule has 2 N–H and O–H groups in total. The number of likely N-dealkylation sites (tertiary alicyclic amines) is 1. The number of methoxy groups -OCH3 is 1. The van der Waals surface area contributed by atoms with Gasteiger partial charge in [0.2, 0.25) is 11.8 Å². The van der Waals surface area contributed by atoms with Crippen LogP contribution >= 0.6 is 0 Å². The highest BCUT2D eigenvalue weighted by Crippen LogP contribution is 2.66. The number of hydrogen-bond donors (Lipinski definition) is 2. The van der Waals surface area contributed by atoms with Crippen LogP contribution in [0.2, 0.25) is 0 Å². The first kappa shape index (κ1) is 40.0. The summed E-state index contributed by atoms with van der Waals surface area (Å²) in [5.74, 6) is 5.32. The number of nitrogens with zero attached hydrogens (tertiary/aromatic N) is 2. The van der Waals surface area contributed by atoms with Crippen molar-refractivity contribution >= 4 is 23.5 Å². The van der Waals surface area contributed by atoms with Crippen LogP contribution in [0.25, 0.3) is 0 Å². The van der Waals surface area contributed by atoms with E-state index in [-0.39, 0.29) is 25.0 Å². The maximum absolute atomic E-state index is 15.9. The van der Waals surface area contributed by atoms with Gasteiger partial charge in [-0.1, -0.05) is 110 Å². The molecule has 4 aliphatic rings. The molecule has 0 radical (unpaired) electrons. The quantitative estimate of drug-likeness (QED) is 0.122. The fourth-order valence-corrected chi connectivity index (χ4v) is 10.1. The lowest BCUT2D eigenvalue weighted by Crippen LogP contribution is -2.55. The van der Waals surface area contributed by atoms with Gasteiger partial charge in [0.1, 0.15) is 35.7 Å². The second kappa shape index (κ2) is 17.3. The Morgan fingerprint density at radius 3 is 2.13 bits per heavy atom. The molecule has 61 heavy (non-hydrogen) atoms. The zero-order chi connectivity index (χ0) is 41.9. The van der Waals surface area contributed by atoms with Crippen molar-refractivity contribution in [2.45, 2.75) is 61.7 Å². The molecule has 5 aromatic carbocycles. The molecule has 0 aromatic heterocycles. The van der Waals surface area contributed by atoms with E-state index in [0.717, 1.165) is 54.5 Å². The lowest BCUT2D eigenvalue weighted by atomic mass is 9.64. The minimum Gasteiger partial charge on any atom is -0.497 e. The molecule has 2 amide bonds. The zero-order valence-electron chi connectivity index (χ0n) is 34.2. The predicted molar refractivity (Wildman–Crippen MR) is 231 cm³/mol. The average molecular weight is 816 g/mol. The summed E-state index contributed by atoms with van der Waals surface area (Å²) >= 11 is 0. The van der Waals surface area contributed by atoms with Crippen molar-refractivity contribution in [2.75, 3.05) is 38.7 Å². The van der Waals surface area contributed by atoms with E-state index in [1.165, 1.54) is 0 Å². The van der Waals surface area contributed by atoms with Gasteiger partial charge >= 0.3 is 5.97 Å². The van der Waals surface area contributed by atoms with Gasteiger partial charge in [-0.15, -0.1) is 0 Å². The number of aliphatic hydroxyl groups excluding tert-OH is 1. The average Bonchev–Trinajstić information content (AvgIpc) is 3.76. The Bertz CT molecular complexity index is 2460. The summed E-state index contributed by atoms with van der Waals surface area (Å²) in [7, 11) is 1.62. The summed E-state index contributed by atoms with van der Waals surface area (Å²) in [5.41, 5.74) is 3.14. The number of carbonyl (C=O) groups is 3. The molecule has 3 saturated heterocycles. The van der Waals surface area contributed by atoms with Crippen LogP contribution < -0.4 is 14.8 Å². The molecule has 0 bridgehead atoms. The van der Waals surface area contributed by atoms with E-state index in [2.05, 4.69) is 22.1 Å². The maximum atomic E-state index is 15.9. The molecule has 4 heterocycles. The third-order valence-electron chi connectivity index (χ3n) is 12.7. The summed E-state index contributed by atoms with van der Waals surface area (Å²) in [5, 5.41) is 13.2. The fraction of sp³-hybridized carbons (Fsp3) is 0.314. The molecular weight excluding hydrogens is 767 g/mol. The van der Waals surface area contributed by atoms with Crippen molar-refractivity contribution in [1.82, 2.24) is 9.80 Å². The number of amides is 2. The topological polar surface area (TPSA) is 118 Å². The van der Waals surface area contributed by atoms with Gasteiger partial charge in [0, 0.05) is 35.5 Å². The smallest absolute Gasteiger partial charge is 0.324 e. The Morgan fingerprint density at radius 1 is 0.787 bits per heavy atom. The Morgan fingerprint density at radius 2 is 1.43 bits per heavy atom. The predicted octanol–water partition coefficient (Wildman–Crippen LogP) is 7.53. The second-order valence-corrected chi connectivity index (χ2v) is 16.2. The molecule has 3 fully saturated rings. The van der Waals surface area contributed by atoms with E-state index in [0.29, 0.717) is 41.2 Å². The highest BCUT2D eigenvalue weighted by Gasteiger charge is 2.74. The maximum Gasteiger partial charge on any atom is 0.324 e. The van der Waals surface area contributed by atoms with E-state index in [1.54, 1.807) is 7.11 Å². The Labute approximate surface area is 356 Å². The summed E-state index contributed by atoms with van der Waals surface area (Å²) < 4.78 is 18.3. The monoisotopic (exact) mass is 815 g/mol. The first-order valence-corrected chi connectivity index (χ1v) is 21.2. The first-order valence-electron chi connectivity index (χ1n) is 21.2. The normalized spacial score (nSPS) is 24.6. The number of para-hydroxylation sites is 1. The van der Waals surface area contributed by atoms with Crippen molar-refractivity contribution in [1.29, 1.82) is 0 Å². The molecular formula is C51H49N3O7. The summed E-state index contributed by atoms with van der Waals surface area (Å²) in [6.07, 6.45) is 3.93. The van der Waals surface area contributed by atoms with Gasteiger partial charge in [-0.25, -0.2) is 0 Å². The number of ether oxygens (including phenoxy) is 3. The van der Waals surface area contributed by atoms with Crippen molar-refractivity contribution < 1.29 is 33.7 Å². The van der Waals surface area contributed by atoms with E-state index >= 15 is 14.4 Å². The number of fused-ring (bicyclic) bond motifs is 3. The van der Waals surface area contributed by atoms with Crippen LogP contribution in [-0.4, -0.2) is 72.1 Å². The third-order valence-corrected chi connectivity index (χ3v) is 12.7. The number of rotatable bonds is 8. The number of anilines is 1. The molecule has 5 aromatic rings. The molecule has 1 spiro atoms. The van der Waals surface area contributed by atoms with Gasteiger partial charge in [0.25, 0.3) is 0 Å². The summed E-state index contributed by atoms with van der Waals surface area (Å²) in [4.78, 5) is 50.8. The van der Waals surface area contributed by atoms with E-state index < -0.39 is 41.5 Å². The van der Waals surface area contributed by atoms with Crippen LogP contribution in [0.15, 0.2) is 127 Å². The number of nitrogens with one attached hydrogen (secondary N) is 1. The van der Waals surface area contributed by atoms with Crippen LogP contribution in [0.4, 0.5) is 5.69 Å². The standard InChI is InChI=1S/C51H49N3O7/c1-59-38-26-23-34(24-27-38)21-22-35-25-28-41-40(33-35)51(50(58)52-41)43(48(56)53-29-13-3-2-4-14-30-53)45-49(57)61-46(37-17-9-6-10-18-37)44(36-15-7-5-8-16-36)54(45)47(51)39-19-11-12-20-42(39)60-32-31-55/h5-12,15-20,23-28,33,43-47,55H,2-4,13-14,29-32H2,1H3,(H,52,58)/t43-,44-,45-,46+,47+,51-/m1/s1. The lowest BCUT2D eigenvalue weighted by molar-refractivity contribution is -0.179. The van der Waals surface area contributed by atoms with Crippen molar-refractivity contribution in [3.8, 4) is 23.3 Å². The number of carbonyl (C=O) groups excluding carboxylic acids is 3. The van der Waals surface area contributed by atoms with Crippen LogP contribution in [-0.2, 0) is 24.5 Å². The van der Waals surface area contributed by atoms with Gasteiger partial charge in [-0.3, -0.25) is 19.3 Å². The number of morpholine rings is 1. The summed E-state index contributed by atoms with van der Waals surface area (Å²) in [6.45, 7) is 0.803. The minimum atomic E-state index is -1.67. The molecule has 10 nitrogen and oxygen atoms in total. The number of aliphatic hydroxyl groups is 1. The highest BCUT2D eigenvalue weighted by atomic mass is 16.6. The molecule has 6 atom stereocenters. The van der Waals surface area contributed by atoms with Gasteiger partial charge in [0.05, 0.1) is 31.7 Å². The zero-order valence-corrected chi connectivity index (χ0v) is 34.2. The fourth-order valence-electron chi connectivity index (χ4n) is 10.1. The molecule has 0 unspecified atom stereocenters. The molecule has 310 valence electrons. The van der Waals surface area contributed by atoms with Crippen LogP contribution in [0, 0.1) is 17.8 Å². The van der Waals surface area contributed by atoms with Crippen LogP contribution in [0.1, 0.15) is 83.7 Å². The second-order valence-electron chi connectivity index (χ2n) is 16.2. The Balaban J connectivity index is 1.33. The van der Waals surface area contributed by atoms with Gasteiger partial charge in [0.15, 0.2) is 0 Å². The van der Waals surface area contributed by atoms with Crippen molar-refractivity contribution in [2.24, 2.45) is 5.92 Å². The van der Waals surface area contributed by atoms with Gasteiger partial charge in [-0.2, -0.15) is 0 Å². The molecule has 10 heteroatoms. The SMILES string of the molecule is COc1ccc(C#Cc2ccc3c(c2)[C@]2(C(=O)N3)[C@H](c3ccccc3OCCO)N3[C@H](c4ccccc4)[C@H](c4ccccc4)OC(=O)[C@H]3[C@@H]2C(=O)N2CCCCCCC2)cc1. The van der Waals surface area contributed by atoms with Crippen LogP contribution in [0.3, 0.4) is 0 Å². The Hall–Kier alpha value is -6.41. The minimum absolute atomic E-state index is 0.000968. The van der Waals surface area contributed by atoms with Crippen molar-refractivity contribution in [3.05, 3.63) is 161 Å². The number of esters is 1. The number of cyclic esters (lactones) is 1. The van der Waals surface area contributed by atoms with E-state index in [4.69, 9.17) is 14.2 Å². The number of benzene rings is 5. The van der Waals surface area contributed by atoms with Gasteiger partial charge < -0.3 is 29.5 Å².